The molecule has 0 aliphatic heterocycles. The van der Waals surface area contributed by atoms with Gasteiger partial charge in [0, 0.05) is 0 Å². The van der Waals surface area contributed by atoms with Gasteiger partial charge in [-0.2, -0.15) is 0 Å². The summed E-state index contributed by atoms with van der Waals surface area (Å²) in [5.74, 6) is 0. The normalized spacial score (nSPS) is 19.9. The van der Waals surface area contributed by atoms with Crippen LogP contribution < -0.4 is 0 Å². The van der Waals surface area contributed by atoms with E-state index in [-0.39, 0.29) is 1.43 Å². The van der Waals surface area contributed by atoms with Gasteiger partial charge in [0.2, 0.25) is 0 Å². The Balaban J connectivity index is 0.00000392. The monoisotopic (exact) mass is 571 g/mol. The first-order chi connectivity index (χ1) is 11.9. The molecule has 0 saturated carbocycles. The topological polar surface area (TPSA) is 0 Å². The maximum atomic E-state index is 2.67. The van der Waals surface area contributed by atoms with Crippen LogP contribution >= 0.6 is 0 Å². The zero-order chi connectivity index (χ0) is 21.0. The summed E-state index contributed by atoms with van der Waals surface area (Å²) in [5.41, 5.74) is 0. The number of hydrogen-bond acceptors (Lipinski definition) is 0. The smallest absolute Gasteiger partial charge is 1.00 e. The summed E-state index contributed by atoms with van der Waals surface area (Å²) < 4.78 is 3.92. The molecule has 0 aromatic carbocycles. The average molecular weight is 570 g/mol. The van der Waals surface area contributed by atoms with Crippen LogP contribution in [0.5, 0.6) is 0 Å². The van der Waals surface area contributed by atoms with Crippen molar-refractivity contribution in [1.82, 2.24) is 0 Å². The van der Waals surface area contributed by atoms with Gasteiger partial charge in [0.25, 0.3) is 0 Å². The molecular weight excluding hydrogens is 527 g/mol. The predicted octanol–water partition coefficient (Wildman–Crippen LogP) is 7.86. The molecule has 2 rings (SSSR count). The van der Waals surface area contributed by atoms with Crippen molar-refractivity contribution < 1.29 is 37.7 Å². The Morgan fingerprint density at radius 2 is 0.852 bits per heavy atom. The van der Waals surface area contributed by atoms with E-state index in [1.807, 2.05) is 23.4 Å². The van der Waals surface area contributed by atoms with Gasteiger partial charge in [0.15, 0.2) is 0 Å². The van der Waals surface area contributed by atoms with Crippen LogP contribution in [0.3, 0.4) is 0 Å². The molecule has 2 aliphatic carbocycles. The van der Waals surface area contributed by atoms with Crippen molar-refractivity contribution in [3.8, 4) is 0 Å². The molecule has 0 amide bonds. The summed E-state index contributed by atoms with van der Waals surface area (Å²) >= 11 is -0.613. The molecular formula is C22H43Si4Sm-. The van der Waals surface area contributed by atoms with Crippen LogP contribution in [0, 0.1) is 36.3 Å². The molecule has 5 heteroatoms. The molecule has 0 bridgehead atoms. The molecule has 0 spiro atoms. The molecule has 0 atom stereocenters. The van der Waals surface area contributed by atoms with E-state index in [4.69, 9.17) is 0 Å². The Kier molecular flexibility index (Phi) is 7.26. The first-order valence-electron chi connectivity index (χ1n) is 10.5. The van der Waals surface area contributed by atoms with Crippen molar-refractivity contribution >= 4 is 32.3 Å². The van der Waals surface area contributed by atoms with Gasteiger partial charge in [-0.3, -0.25) is 0 Å². The van der Waals surface area contributed by atoms with Crippen molar-refractivity contribution in [2.24, 2.45) is 0 Å². The number of allylic oxidation sites excluding steroid dienone is 8. The third kappa shape index (κ3) is 5.65. The maximum absolute atomic E-state index is 2.67. The minimum Gasteiger partial charge on any atom is -1.00 e. The van der Waals surface area contributed by atoms with Gasteiger partial charge in [-0.15, -0.1) is 0 Å². The molecule has 0 heterocycles. The molecule has 0 fully saturated rings. The largest absolute Gasteiger partial charge is 1.00 e. The van der Waals surface area contributed by atoms with Gasteiger partial charge < -0.3 is 1.43 Å². The number of hydrogen-bond donors (Lipinski definition) is 0. The zero-order valence-electron chi connectivity index (χ0n) is 21.0. The molecule has 2 aliphatic rings. The standard InChI is InChI=1S/2C11H21Si2.Sm.H/c2*1-12(2,3)10-8-7-9-11(10)13(4,5)6;;/h2*8H,7H2,1-6H3;;/q;;;-1. The second-order valence-corrected chi connectivity index (χ2v) is 36.2. The van der Waals surface area contributed by atoms with E-state index < -0.39 is 68.6 Å². The van der Waals surface area contributed by atoms with Crippen molar-refractivity contribution in [2.45, 2.75) is 91.4 Å². The second kappa shape index (κ2) is 8.02. The van der Waals surface area contributed by atoms with Crippen LogP contribution in [-0.2, 0) is 0 Å². The predicted molar refractivity (Wildman–Crippen MR) is 134 cm³/mol. The number of rotatable bonds is 6. The Bertz CT molecular complexity index is 681. The first-order valence-corrected chi connectivity index (χ1v) is 27.1. The molecule has 0 aromatic rings. The quantitative estimate of drug-likeness (QED) is 0.286. The van der Waals surface area contributed by atoms with E-state index in [1.165, 1.54) is 12.8 Å². The first kappa shape index (κ1) is 24.4. The van der Waals surface area contributed by atoms with Gasteiger partial charge >= 0.3 is 196 Å². The van der Waals surface area contributed by atoms with Crippen LogP contribution in [0.25, 0.3) is 0 Å². The van der Waals surface area contributed by atoms with Gasteiger partial charge in [-0.1, -0.05) is 0 Å². The minimum atomic E-state index is -1.29. The Labute approximate surface area is 195 Å². The SMILES string of the molecule is C[Si](C)(C)C1=CC[C]([Sm][C]2=C([Si](C)(C)C)C([Si](C)(C)C)=CC2)=C1[Si](C)(C)C.[H-]. The summed E-state index contributed by atoms with van der Waals surface area (Å²) in [6.07, 6.45) is 7.95. The summed E-state index contributed by atoms with van der Waals surface area (Å²) in [6.45, 7) is 30.9. The third-order valence-corrected chi connectivity index (χ3v) is 19.4. The van der Waals surface area contributed by atoms with Gasteiger partial charge in [-0.05, 0) is 0 Å². The molecule has 154 valence electrons. The second-order valence-electron chi connectivity index (χ2n) is 12.3. The molecule has 0 aromatic heterocycles. The fraction of sp³-hybridized carbons (Fsp3) is 0.636. The molecule has 0 unspecified atom stereocenters. The molecule has 0 N–H and O–H groups in total. The van der Waals surface area contributed by atoms with Crippen LogP contribution in [-0.4, -0.2) is 32.3 Å². The zero-order valence-corrected chi connectivity index (χ0v) is 26.6. The summed E-state index contributed by atoms with van der Waals surface area (Å²) in [6, 6.07) is 0. The van der Waals surface area contributed by atoms with Crippen LogP contribution in [0.1, 0.15) is 14.3 Å². The molecule has 27 heavy (non-hydrogen) atoms. The fourth-order valence-electron chi connectivity index (χ4n) is 4.44. The summed E-state index contributed by atoms with van der Waals surface area (Å²) in [7, 11) is -5.05. The van der Waals surface area contributed by atoms with Crippen molar-refractivity contribution in [3.63, 3.8) is 0 Å². The van der Waals surface area contributed by atoms with Crippen LogP contribution in [0.15, 0.2) is 35.5 Å². The van der Waals surface area contributed by atoms with E-state index in [1.54, 1.807) is 0 Å². The Morgan fingerprint density at radius 3 is 1.07 bits per heavy atom. The van der Waals surface area contributed by atoms with E-state index in [9.17, 15) is 0 Å². The average Bonchev–Trinajstić information content (AvgIpc) is 3.00. The van der Waals surface area contributed by atoms with E-state index in [0.717, 1.165) is 0 Å². The Hall–Kier alpha value is 1.17. The van der Waals surface area contributed by atoms with Crippen LogP contribution in [0.2, 0.25) is 78.6 Å². The van der Waals surface area contributed by atoms with Gasteiger partial charge in [0.1, 0.15) is 0 Å². The van der Waals surface area contributed by atoms with Crippen molar-refractivity contribution in [3.05, 3.63) is 35.5 Å². The van der Waals surface area contributed by atoms with Crippen LogP contribution in [0.4, 0.5) is 0 Å². The van der Waals surface area contributed by atoms with E-state index >= 15 is 0 Å². The summed E-state index contributed by atoms with van der Waals surface area (Å²) in [5, 5.41) is 7.53. The fourth-order valence-corrected chi connectivity index (χ4v) is 26.5. The molecule has 0 nitrogen and oxygen atoms in total. The molecule has 0 radical (unpaired) electrons. The third-order valence-electron chi connectivity index (χ3n) is 5.44. The Morgan fingerprint density at radius 1 is 0.556 bits per heavy atom. The van der Waals surface area contributed by atoms with Crippen molar-refractivity contribution in [2.75, 3.05) is 0 Å². The van der Waals surface area contributed by atoms with E-state index in [0.29, 0.717) is 0 Å². The maximum Gasteiger partial charge on any atom is -1.00 e. The molecule has 0 saturated heterocycles. The summed E-state index contributed by atoms with van der Waals surface area (Å²) in [4.78, 5) is 0. The van der Waals surface area contributed by atoms with Gasteiger partial charge in [0.05, 0.1) is 0 Å². The minimum absolute atomic E-state index is 0. The van der Waals surface area contributed by atoms with Crippen molar-refractivity contribution in [1.29, 1.82) is 0 Å². The van der Waals surface area contributed by atoms with E-state index in [2.05, 4.69) is 90.7 Å². The van der Waals surface area contributed by atoms with Gasteiger partial charge in [-0.25, -0.2) is 0 Å².